The topological polar surface area (TPSA) is 101 Å². The molecule has 7 nitrogen and oxygen atoms in total. The molecule has 2 rings (SSSR count). The first-order chi connectivity index (χ1) is 10.1. The Labute approximate surface area is 124 Å². The van der Waals surface area contributed by atoms with Gasteiger partial charge in [0.15, 0.2) is 0 Å². The van der Waals surface area contributed by atoms with Gasteiger partial charge in [0.05, 0.1) is 19.1 Å². The lowest BCUT2D eigenvalue weighted by Crippen LogP contribution is -2.12. The third kappa shape index (κ3) is 3.99. The van der Waals surface area contributed by atoms with Gasteiger partial charge in [-0.2, -0.15) is 0 Å². The molecule has 21 heavy (non-hydrogen) atoms. The monoisotopic (exact) mass is 307 g/mol. The number of aliphatic carboxylic acids is 1. The summed E-state index contributed by atoms with van der Waals surface area (Å²) in [5, 5.41) is 19.8. The van der Waals surface area contributed by atoms with Crippen molar-refractivity contribution in [2.45, 2.75) is 12.8 Å². The second-order valence-corrected chi connectivity index (χ2v) is 5.11. The number of anilines is 1. The van der Waals surface area contributed by atoms with Crippen molar-refractivity contribution < 1.29 is 19.4 Å². The number of aryl methyl sites for hydroxylation is 1. The number of carbonyl (C=O) groups excluding carboxylic acids is 1. The Bertz CT molecular complexity index is 656. The summed E-state index contributed by atoms with van der Waals surface area (Å²) >= 11 is 1.15. The van der Waals surface area contributed by atoms with Crippen LogP contribution < -0.4 is 10.1 Å². The molecular weight excluding hydrogens is 294 g/mol. The molecule has 0 fully saturated rings. The average Bonchev–Trinajstić information content (AvgIpc) is 2.92. The van der Waals surface area contributed by atoms with Gasteiger partial charge in [0.25, 0.3) is 5.91 Å². The van der Waals surface area contributed by atoms with Crippen molar-refractivity contribution in [1.29, 1.82) is 0 Å². The molecule has 1 aromatic heterocycles. The maximum Gasteiger partial charge on any atom is 0.303 e. The molecule has 0 spiro atoms. The number of hydrogen-bond acceptors (Lipinski definition) is 6. The molecule has 8 heteroatoms. The summed E-state index contributed by atoms with van der Waals surface area (Å²) in [6.45, 7) is 0. The lowest BCUT2D eigenvalue weighted by atomic mass is 10.2. The van der Waals surface area contributed by atoms with Gasteiger partial charge in [0.1, 0.15) is 10.8 Å². The van der Waals surface area contributed by atoms with Crippen LogP contribution in [0.5, 0.6) is 5.75 Å². The zero-order chi connectivity index (χ0) is 15.2. The van der Waals surface area contributed by atoms with Gasteiger partial charge < -0.3 is 9.84 Å². The summed E-state index contributed by atoms with van der Waals surface area (Å²) in [5.41, 5.74) is 0.391. The molecule has 1 heterocycles. The van der Waals surface area contributed by atoms with Crippen LogP contribution in [0.4, 0.5) is 5.13 Å². The third-order valence-electron chi connectivity index (χ3n) is 2.59. The van der Waals surface area contributed by atoms with Crippen molar-refractivity contribution >= 4 is 28.3 Å². The second-order valence-electron chi connectivity index (χ2n) is 4.05. The normalized spacial score (nSPS) is 10.1. The zero-order valence-electron chi connectivity index (χ0n) is 11.2. The van der Waals surface area contributed by atoms with Gasteiger partial charge >= 0.3 is 5.97 Å². The summed E-state index contributed by atoms with van der Waals surface area (Å²) in [6.07, 6.45) is 0.270. The Balaban J connectivity index is 2.04. The largest absolute Gasteiger partial charge is 0.496 e. The van der Waals surface area contributed by atoms with Gasteiger partial charge in [-0.25, -0.2) is 0 Å². The molecule has 110 valence electrons. The van der Waals surface area contributed by atoms with Gasteiger partial charge in [0.2, 0.25) is 5.13 Å². The maximum atomic E-state index is 12.1. The molecule has 2 N–H and O–H groups in total. The highest BCUT2D eigenvalue weighted by molar-refractivity contribution is 7.15. The molecule has 0 saturated carbocycles. The van der Waals surface area contributed by atoms with E-state index in [1.807, 2.05) is 0 Å². The fourth-order valence-electron chi connectivity index (χ4n) is 1.62. The van der Waals surface area contributed by atoms with Crippen molar-refractivity contribution in [2.75, 3.05) is 12.4 Å². The fraction of sp³-hybridized carbons (Fsp3) is 0.231. The molecule has 0 unspecified atom stereocenters. The Kier molecular flexibility index (Phi) is 4.83. The first-order valence-electron chi connectivity index (χ1n) is 6.08. The average molecular weight is 307 g/mol. The number of nitrogens with one attached hydrogen (secondary N) is 1. The summed E-state index contributed by atoms with van der Waals surface area (Å²) in [7, 11) is 1.49. The number of carbonyl (C=O) groups is 2. The molecule has 0 aliphatic carbocycles. The predicted molar refractivity (Wildman–Crippen MR) is 76.8 cm³/mol. The molecule has 0 radical (unpaired) electrons. The Hall–Kier alpha value is -2.48. The van der Waals surface area contributed by atoms with Crippen LogP contribution in [0.15, 0.2) is 24.3 Å². The van der Waals surface area contributed by atoms with Crippen LogP contribution in [-0.2, 0) is 11.2 Å². The lowest BCUT2D eigenvalue weighted by Gasteiger charge is -2.06. The van der Waals surface area contributed by atoms with Crippen molar-refractivity contribution in [3.8, 4) is 5.75 Å². The fourth-order valence-corrected chi connectivity index (χ4v) is 2.35. The number of para-hydroxylation sites is 1. The molecular formula is C13H13N3O4S. The number of nitrogens with zero attached hydrogens (tertiary/aromatic N) is 2. The molecule has 0 aliphatic heterocycles. The number of methoxy groups -OCH3 is 1. The SMILES string of the molecule is COc1ccccc1C(=O)Nc1nnc(CCC(=O)O)s1. The van der Waals surface area contributed by atoms with E-state index in [2.05, 4.69) is 15.5 Å². The van der Waals surface area contributed by atoms with Gasteiger partial charge in [-0.05, 0) is 12.1 Å². The minimum absolute atomic E-state index is 0.0188. The van der Waals surface area contributed by atoms with Crippen LogP contribution in [0.3, 0.4) is 0 Å². The van der Waals surface area contributed by atoms with Crippen LogP contribution in [0, 0.1) is 0 Å². The third-order valence-corrected chi connectivity index (χ3v) is 3.49. The number of rotatable bonds is 6. The summed E-state index contributed by atoms with van der Waals surface area (Å²) in [6, 6.07) is 6.83. The first kappa shape index (κ1) is 14.9. The number of hydrogen-bond donors (Lipinski definition) is 2. The molecule has 1 aromatic carbocycles. The minimum atomic E-state index is -0.898. The molecule has 0 aliphatic rings. The standard InChI is InChI=1S/C13H13N3O4S/c1-20-9-5-3-2-4-8(9)12(19)14-13-16-15-10(21-13)6-7-11(17)18/h2-5H,6-7H2,1H3,(H,17,18)(H,14,16,19). The lowest BCUT2D eigenvalue weighted by molar-refractivity contribution is -0.136. The quantitative estimate of drug-likeness (QED) is 0.844. The van der Waals surface area contributed by atoms with E-state index in [9.17, 15) is 9.59 Å². The van der Waals surface area contributed by atoms with Crippen LogP contribution in [0.25, 0.3) is 0 Å². The van der Waals surface area contributed by atoms with Crippen LogP contribution in [0.2, 0.25) is 0 Å². The summed E-state index contributed by atoms with van der Waals surface area (Å²) < 4.78 is 5.12. The zero-order valence-corrected chi connectivity index (χ0v) is 12.0. The molecule has 2 aromatic rings. The number of ether oxygens (including phenoxy) is 1. The summed E-state index contributed by atoms with van der Waals surface area (Å²) in [4.78, 5) is 22.6. The highest BCUT2D eigenvalue weighted by Crippen LogP contribution is 2.21. The van der Waals surface area contributed by atoms with E-state index in [0.29, 0.717) is 21.5 Å². The highest BCUT2D eigenvalue weighted by atomic mass is 32.1. The first-order valence-corrected chi connectivity index (χ1v) is 6.90. The maximum absolute atomic E-state index is 12.1. The van der Waals surface area contributed by atoms with Crippen molar-refractivity contribution in [3.05, 3.63) is 34.8 Å². The van der Waals surface area contributed by atoms with Gasteiger partial charge in [-0.1, -0.05) is 23.5 Å². The number of amides is 1. The Morgan fingerprint density at radius 1 is 1.33 bits per heavy atom. The molecule has 0 bridgehead atoms. The van der Waals surface area contributed by atoms with Crippen molar-refractivity contribution in [2.24, 2.45) is 0 Å². The van der Waals surface area contributed by atoms with E-state index < -0.39 is 5.97 Å². The van der Waals surface area contributed by atoms with Crippen molar-refractivity contribution in [1.82, 2.24) is 10.2 Å². The van der Waals surface area contributed by atoms with Crippen molar-refractivity contribution in [3.63, 3.8) is 0 Å². The Morgan fingerprint density at radius 2 is 2.10 bits per heavy atom. The molecule has 1 amide bonds. The van der Waals surface area contributed by atoms with Crippen LogP contribution >= 0.6 is 11.3 Å². The number of benzene rings is 1. The van der Waals surface area contributed by atoms with Gasteiger partial charge in [-0.15, -0.1) is 10.2 Å². The smallest absolute Gasteiger partial charge is 0.303 e. The van der Waals surface area contributed by atoms with E-state index in [1.165, 1.54) is 7.11 Å². The van der Waals surface area contributed by atoms with Gasteiger partial charge in [-0.3, -0.25) is 14.9 Å². The van der Waals surface area contributed by atoms with E-state index in [-0.39, 0.29) is 18.7 Å². The van der Waals surface area contributed by atoms with E-state index in [1.54, 1.807) is 24.3 Å². The van der Waals surface area contributed by atoms with Crippen LogP contribution in [-0.4, -0.2) is 34.3 Å². The predicted octanol–water partition coefficient (Wildman–Crippen LogP) is 1.82. The van der Waals surface area contributed by atoms with E-state index >= 15 is 0 Å². The number of carboxylic acids is 1. The number of aromatic nitrogens is 2. The molecule has 0 saturated heterocycles. The summed E-state index contributed by atoms with van der Waals surface area (Å²) in [5.74, 6) is -0.788. The second kappa shape index (κ2) is 6.80. The number of carboxylic acid groups (broad SMARTS) is 1. The van der Waals surface area contributed by atoms with Gasteiger partial charge in [0, 0.05) is 6.42 Å². The minimum Gasteiger partial charge on any atom is -0.496 e. The molecule has 0 atom stereocenters. The van der Waals surface area contributed by atoms with E-state index in [0.717, 1.165) is 11.3 Å². The van der Waals surface area contributed by atoms with Crippen LogP contribution in [0.1, 0.15) is 21.8 Å². The Morgan fingerprint density at radius 3 is 2.81 bits per heavy atom. The highest BCUT2D eigenvalue weighted by Gasteiger charge is 2.14. The van der Waals surface area contributed by atoms with E-state index in [4.69, 9.17) is 9.84 Å².